The molecule has 0 bridgehead atoms. The predicted molar refractivity (Wildman–Crippen MR) is 63.2 cm³/mol. The molecule has 4 nitrogen and oxygen atoms in total. The zero-order valence-electron chi connectivity index (χ0n) is 8.74. The number of thiazole rings is 1. The van der Waals surface area contributed by atoms with E-state index in [-0.39, 0.29) is 0 Å². The monoisotopic (exact) mass is 227 g/mol. The average Bonchev–Trinajstić information content (AvgIpc) is 2.66. The molecular weight excluding hydrogens is 210 g/mol. The number of hydrogen-bond acceptors (Lipinski definition) is 5. The molecule has 0 spiro atoms. The van der Waals surface area contributed by atoms with Crippen molar-refractivity contribution in [2.45, 2.75) is 31.8 Å². The van der Waals surface area contributed by atoms with Crippen LogP contribution in [0.15, 0.2) is 6.20 Å². The van der Waals surface area contributed by atoms with Gasteiger partial charge in [-0.15, -0.1) is 0 Å². The van der Waals surface area contributed by atoms with Gasteiger partial charge in [-0.2, -0.15) is 0 Å². The lowest BCUT2D eigenvalue weighted by atomic mass is 10.1. The van der Waals surface area contributed by atoms with Crippen LogP contribution in [0.1, 0.15) is 25.7 Å². The molecule has 1 aromatic rings. The number of nitrogens with one attached hydrogen (secondary N) is 1. The van der Waals surface area contributed by atoms with Crippen molar-refractivity contribution in [3.63, 3.8) is 0 Å². The number of hydrogen-bond donors (Lipinski definition) is 2. The van der Waals surface area contributed by atoms with Crippen molar-refractivity contribution in [2.24, 2.45) is 0 Å². The molecule has 3 N–H and O–H groups in total. The summed E-state index contributed by atoms with van der Waals surface area (Å²) >= 11 is 1.49. The molecule has 1 aliphatic rings. The number of rotatable bonds is 4. The molecule has 1 aromatic heterocycles. The van der Waals surface area contributed by atoms with Gasteiger partial charge in [-0.05, 0) is 25.7 Å². The van der Waals surface area contributed by atoms with Gasteiger partial charge in [-0.1, -0.05) is 11.3 Å². The molecule has 1 atom stereocenters. The first kappa shape index (κ1) is 10.7. The number of nitrogens with zero attached hydrogens (tertiary/aromatic N) is 1. The molecular formula is C10H17N3OS. The van der Waals surface area contributed by atoms with E-state index in [0.29, 0.717) is 6.10 Å². The largest absolute Gasteiger partial charge is 0.389 e. The lowest BCUT2D eigenvalue weighted by Crippen LogP contribution is -2.21. The molecule has 1 unspecified atom stereocenters. The van der Waals surface area contributed by atoms with E-state index in [2.05, 4.69) is 10.3 Å². The third-order valence-electron chi connectivity index (χ3n) is 2.54. The highest BCUT2D eigenvalue weighted by Crippen LogP contribution is 2.20. The molecule has 2 heterocycles. The van der Waals surface area contributed by atoms with Gasteiger partial charge in [0.1, 0.15) is 5.00 Å². The lowest BCUT2D eigenvalue weighted by Gasteiger charge is -2.22. The van der Waals surface area contributed by atoms with Gasteiger partial charge in [0.25, 0.3) is 0 Å². The van der Waals surface area contributed by atoms with Crippen LogP contribution in [0.2, 0.25) is 0 Å². The quantitative estimate of drug-likeness (QED) is 0.827. The molecule has 0 amide bonds. The second kappa shape index (κ2) is 5.32. The first-order valence-corrected chi connectivity index (χ1v) is 6.23. The van der Waals surface area contributed by atoms with Crippen molar-refractivity contribution in [2.75, 3.05) is 24.2 Å². The van der Waals surface area contributed by atoms with Gasteiger partial charge in [0.2, 0.25) is 0 Å². The van der Waals surface area contributed by atoms with Crippen LogP contribution in [0, 0.1) is 0 Å². The molecule has 15 heavy (non-hydrogen) atoms. The number of nitrogen functional groups attached to an aromatic ring is 1. The van der Waals surface area contributed by atoms with Crippen molar-refractivity contribution >= 4 is 21.5 Å². The summed E-state index contributed by atoms with van der Waals surface area (Å²) in [5, 5.41) is 4.92. The Morgan fingerprint density at radius 1 is 1.60 bits per heavy atom. The van der Waals surface area contributed by atoms with E-state index in [1.165, 1.54) is 30.6 Å². The Hall–Kier alpha value is -0.810. The Morgan fingerprint density at radius 3 is 3.20 bits per heavy atom. The molecule has 0 aromatic carbocycles. The topological polar surface area (TPSA) is 60.2 Å². The summed E-state index contributed by atoms with van der Waals surface area (Å²) in [6, 6.07) is 0. The standard InChI is InChI=1S/C10H17N3OS/c11-9-7-13-10(15-9)12-5-4-8-3-1-2-6-14-8/h7-8H,1-6,11H2,(H,12,13). The summed E-state index contributed by atoms with van der Waals surface area (Å²) in [5.74, 6) is 0. The summed E-state index contributed by atoms with van der Waals surface area (Å²) < 4.78 is 5.64. The summed E-state index contributed by atoms with van der Waals surface area (Å²) in [6.45, 7) is 1.84. The van der Waals surface area contributed by atoms with Crippen molar-refractivity contribution in [3.05, 3.63) is 6.20 Å². The first-order valence-electron chi connectivity index (χ1n) is 5.41. The number of aromatic nitrogens is 1. The van der Waals surface area contributed by atoms with E-state index < -0.39 is 0 Å². The molecule has 1 saturated heterocycles. The Labute approximate surface area is 93.8 Å². The molecule has 1 fully saturated rings. The summed E-state index contributed by atoms with van der Waals surface area (Å²) in [7, 11) is 0. The van der Waals surface area contributed by atoms with Crippen LogP contribution in [-0.4, -0.2) is 24.2 Å². The zero-order valence-corrected chi connectivity index (χ0v) is 9.55. The minimum absolute atomic E-state index is 0.434. The van der Waals surface area contributed by atoms with Crippen molar-refractivity contribution in [3.8, 4) is 0 Å². The smallest absolute Gasteiger partial charge is 0.184 e. The first-order chi connectivity index (χ1) is 7.34. The average molecular weight is 227 g/mol. The van der Waals surface area contributed by atoms with Gasteiger partial charge in [0.05, 0.1) is 12.3 Å². The van der Waals surface area contributed by atoms with Gasteiger partial charge < -0.3 is 15.8 Å². The third-order valence-corrected chi connectivity index (χ3v) is 3.32. The third kappa shape index (κ3) is 3.35. The number of nitrogens with two attached hydrogens (primary N) is 1. The minimum Gasteiger partial charge on any atom is -0.389 e. The number of anilines is 2. The van der Waals surface area contributed by atoms with Gasteiger partial charge in [-0.25, -0.2) is 4.98 Å². The normalized spacial score (nSPS) is 21.5. The highest BCUT2D eigenvalue weighted by Gasteiger charge is 2.13. The van der Waals surface area contributed by atoms with Crippen LogP contribution in [0.5, 0.6) is 0 Å². The van der Waals surface area contributed by atoms with Gasteiger partial charge in [-0.3, -0.25) is 0 Å². The maximum absolute atomic E-state index is 5.64. The fourth-order valence-electron chi connectivity index (χ4n) is 1.74. The lowest BCUT2D eigenvalue weighted by molar-refractivity contribution is 0.0134. The van der Waals surface area contributed by atoms with Gasteiger partial charge >= 0.3 is 0 Å². The zero-order chi connectivity index (χ0) is 10.5. The second-order valence-corrected chi connectivity index (χ2v) is 4.83. The molecule has 0 radical (unpaired) electrons. The summed E-state index contributed by atoms with van der Waals surface area (Å²) in [4.78, 5) is 4.14. The maximum atomic E-state index is 5.64. The predicted octanol–water partition coefficient (Wildman–Crippen LogP) is 2.10. The highest BCUT2D eigenvalue weighted by molar-refractivity contribution is 7.19. The fourth-order valence-corrected chi connectivity index (χ4v) is 2.35. The van der Waals surface area contributed by atoms with Crippen molar-refractivity contribution < 1.29 is 4.74 Å². The maximum Gasteiger partial charge on any atom is 0.184 e. The Balaban J connectivity index is 1.65. The Kier molecular flexibility index (Phi) is 3.80. The van der Waals surface area contributed by atoms with Crippen LogP contribution in [0.4, 0.5) is 10.1 Å². The van der Waals surface area contributed by atoms with Gasteiger partial charge in [0.15, 0.2) is 5.13 Å². The van der Waals surface area contributed by atoms with E-state index in [4.69, 9.17) is 10.5 Å². The van der Waals surface area contributed by atoms with Crippen molar-refractivity contribution in [1.29, 1.82) is 0 Å². The van der Waals surface area contributed by atoms with E-state index in [1.807, 2.05) is 0 Å². The van der Waals surface area contributed by atoms with Gasteiger partial charge in [0, 0.05) is 13.2 Å². The molecule has 0 saturated carbocycles. The van der Waals surface area contributed by atoms with Crippen LogP contribution in [-0.2, 0) is 4.74 Å². The van der Waals surface area contributed by atoms with E-state index >= 15 is 0 Å². The van der Waals surface area contributed by atoms with Crippen LogP contribution >= 0.6 is 11.3 Å². The SMILES string of the molecule is Nc1cnc(NCCC2CCCCO2)s1. The van der Waals surface area contributed by atoms with Crippen molar-refractivity contribution in [1.82, 2.24) is 4.98 Å². The van der Waals surface area contributed by atoms with Crippen LogP contribution < -0.4 is 11.1 Å². The van der Waals surface area contributed by atoms with E-state index in [1.54, 1.807) is 6.20 Å². The molecule has 2 rings (SSSR count). The second-order valence-electron chi connectivity index (χ2n) is 3.77. The minimum atomic E-state index is 0.434. The summed E-state index contributed by atoms with van der Waals surface area (Å²) in [5.41, 5.74) is 5.58. The molecule has 1 aliphatic heterocycles. The fraction of sp³-hybridized carbons (Fsp3) is 0.700. The number of ether oxygens (including phenoxy) is 1. The van der Waals surface area contributed by atoms with Crippen LogP contribution in [0.25, 0.3) is 0 Å². The molecule has 84 valence electrons. The Morgan fingerprint density at radius 2 is 2.53 bits per heavy atom. The highest BCUT2D eigenvalue weighted by atomic mass is 32.1. The van der Waals surface area contributed by atoms with Crippen LogP contribution in [0.3, 0.4) is 0 Å². The van der Waals surface area contributed by atoms with E-state index in [0.717, 1.165) is 29.7 Å². The molecule has 0 aliphatic carbocycles. The Bertz CT molecular complexity index is 297. The summed E-state index contributed by atoms with van der Waals surface area (Å²) in [6.07, 6.45) is 6.89. The van der Waals surface area contributed by atoms with E-state index in [9.17, 15) is 0 Å². The molecule has 5 heteroatoms.